The van der Waals surface area contributed by atoms with Crippen LogP contribution < -0.4 is 16.0 Å². The van der Waals surface area contributed by atoms with Crippen LogP contribution in [-0.4, -0.2) is 84.0 Å². The van der Waals surface area contributed by atoms with Crippen LogP contribution in [0, 0.1) is 17.8 Å². The van der Waals surface area contributed by atoms with Gasteiger partial charge in [0, 0.05) is 13.0 Å². The normalized spacial score (nSPS) is 24.3. The first-order chi connectivity index (χ1) is 19.7. The SMILES string of the molecule is CCN(CC(=O)N[C@@H](CC(=O)O)C(=O)N[C@@H](C)C(=O)OC1CCCC2CCCCC21)C(=O)CCCC1CCNCC1. The molecule has 0 radical (unpaired) electrons. The van der Waals surface area contributed by atoms with Crippen molar-refractivity contribution in [2.75, 3.05) is 26.2 Å². The minimum absolute atomic E-state index is 0.143. The molecule has 0 aromatic rings. The number of nitrogens with zero attached hydrogens (tertiary/aromatic N) is 1. The van der Waals surface area contributed by atoms with E-state index in [4.69, 9.17) is 4.74 Å². The third kappa shape index (κ3) is 10.6. The minimum atomic E-state index is -1.39. The van der Waals surface area contributed by atoms with Gasteiger partial charge in [-0.25, -0.2) is 4.79 Å². The molecule has 0 aromatic carbocycles. The van der Waals surface area contributed by atoms with E-state index in [9.17, 15) is 29.1 Å². The predicted molar refractivity (Wildman–Crippen MR) is 153 cm³/mol. The van der Waals surface area contributed by atoms with Gasteiger partial charge in [-0.2, -0.15) is 0 Å². The Labute approximate surface area is 243 Å². The van der Waals surface area contributed by atoms with Gasteiger partial charge in [0.05, 0.1) is 13.0 Å². The third-order valence-electron chi connectivity index (χ3n) is 9.05. The summed E-state index contributed by atoms with van der Waals surface area (Å²) < 4.78 is 5.83. The van der Waals surface area contributed by atoms with E-state index in [-0.39, 0.29) is 18.6 Å². The van der Waals surface area contributed by atoms with Crippen LogP contribution in [-0.2, 0) is 28.7 Å². The van der Waals surface area contributed by atoms with Gasteiger partial charge in [-0.05, 0) is 96.1 Å². The van der Waals surface area contributed by atoms with Crippen LogP contribution in [0.4, 0.5) is 0 Å². The molecule has 3 amide bonds. The zero-order valence-electron chi connectivity index (χ0n) is 24.8. The molecule has 0 bridgehead atoms. The van der Waals surface area contributed by atoms with E-state index in [1.807, 2.05) is 0 Å². The number of rotatable bonds is 14. The van der Waals surface area contributed by atoms with Gasteiger partial charge in [-0.3, -0.25) is 19.2 Å². The first kappa shape index (κ1) is 32.8. The topological polar surface area (TPSA) is 154 Å². The fraction of sp³-hybridized carbons (Fsp3) is 0.833. The van der Waals surface area contributed by atoms with Gasteiger partial charge in [-0.15, -0.1) is 0 Å². The molecule has 2 aliphatic carbocycles. The molecule has 232 valence electrons. The zero-order valence-corrected chi connectivity index (χ0v) is 24.8. The number of aliphatic carboxylic acids is 1. The minimum Gasteiger partial charge on any atom is -0.481 e. The van der Waals surface area contributed by atoms with E-state index in [2.05, 4.69) is 16.0 Å². The number of carbonyl (C=O) groups is 5. The molecule has 11 heteroatoms. The quantitative estimate of drug-likeness (QED) is 0.229. The van der Waals surface area contributed by atoms with E-state index in [0.717, 1.165) is 64.5 Å². The summed E-state index contributed by atoms with van der Waals surface area (Å²) in [6, 6.07) is -2.38. The summed E-state index contributed by atoms with van der Waals surface area (Å²) in [5, 5.41) is 17.7. The molecule has 3 unspecified atom stereocenters. The Morgan fingerprint density at radius 3 is 2.39 bits per heavy atom. The van der Waals surface area contributed by atoms with Crippen LogP contribution in [0.25, 0.3) is 0 Å². The van der Waals surface area contributed by atoms with Crippen molar-refractivity contribution in [1.82, 2.24) is 20.9 Å². The second-order valence-electron chi connectivity index (χ2n) is 12.1. The molecule has 2 saturated carbocycles. The Bertz CT molecular complexity index is 905. The van der Waals surface area contributed by atoms with Crippen molar-refractivity contribution >= 4 is 29.7 Å². The number of carboxylic acid groups (broad SMARTS) is 1. The average Bonchev–Trinajstić information content (AvgIpc) is 2.96. The molecule has 5 atom stereocenters. The summed E-state index contributed by atoms with van der Waals surface area (Å²) in [5.74, 6) is -1.81. The lowest BCUT2D eigenvalue weighted by atomic mass is 9.69. The number of carbonyl (C=O) groups excluding carboxylic acids is 4. The van der Waals surface area contributed by atoms with Gasteiger partial charge in [0.15, 0.2) is 0 Å². The van der Waals surface area contributed by atoms with Crippen LogP contribution in [0.1, 0.15) is 97.3 Å². The molecule has 11 nitrogen and oxygen atoms in total. The average molecular weight is 579 g/mol. The van der Waals surface area contributed by atoms with E-state index >= 15 is 0 Å². The van der Waals surface area contributed by atoms with Crippen molar-refractivity contribution in [3.05, 3.63) is 0 Å². The number of likely N-dealkylation sites (N-methyl/N-ethyl adjacent to an activating group) is 1. The highest BCUT2D eigenvalue weighted by Crippen LogP contribution is 2.41. The molecule has 0 aromatic heterocycles. The first-order valence-electron chi connectivity index (χ1n) is 15.7. The predicted octanol–water partition coefficient (Wildman–Crippen LogP) is 2.37. The molecule has 3 fully saturated rings. The van der Waals surface area contributed by atoms with Gasteiger partial charge in [0.25, 0.3) is 0 Å². The zero-order chi connectivity index (χ0) is 29.8. The molecule has 1 heterocycles. The number of esters is 1. The highest BCUT2D eigenvalue weighted by Gasteiger charge is 2.38. The number of piperidine rings is 1. The van der Waals surface area contributed by atoms with E-state index in [1.54, 1.807) is 6.92 Å². The number of amides is 3. The van der Waals surface area contributed by atoms with Gasteiger partial charge in [-0.1, -0.05) is 19.3 Å². The number of fused-ring (bicyclic) bond motifs is 1. The number of carboxylic acids is 1. The molecule has 3 rings (SSSR count). The van der Waals surface area contributed by atoms with Crippen LogP contribution in [0.15, 0.2) is 0 Å². The van der Waals surface area contributed by atoms with Crippen molar-refractivity contribution in [1.29, 1.82) is 0 Å². The van der Waals surface area contributed by atoms with Gasteiger partial charge in [0.1, 0.15) is 18.2 Å². The number of hydrogen-bond acceptors (Lipinski definition) is 7. The smallest absolute Gasteiger partial charge is 0.328 e. The van der Waals surface area contributed by atoms with Crippen molar-refractivity contribution in [3.8, 4) is 0 Å². The summed E-state index contributed by atoms with van der Waals surface area (Å²) in [7, 11) is 0. The van der Waals surface area contributed by atoms with Crippen molar-refractivity contribution in [2.24, 2.45) is 17.8 Å². The molecular weight excluding hydrogens is 528 g/mol. The third-order valence-corrected chi connectivity index (χ3v) is 9.05. The highest BCUT2D eigenvalue weighted by atomic mass is 16.5. The van der Waals surface area contributed by atoms with E-state index in [1.165, 1.54) is 31.1 Å². The van der Waals surface area contributed by atoms with E-state index in [0.29, 0.717) is 30.7 Å². The second kappa shape index (κ2) is 16.7. The van der Waals surface area contributed by atoms with Gasteiger partial charge < -0.3 is 30.7 Å². The van der Waals surface area contributed by atoms with Gasteiger partial charge in [0.2, 0.25) is 17.7 Å². The Morgan fingerprint density at radius 1 is 0.976 bits per heavy atom. The molecule has 1 saturated heterocycles. The standard InChI is InChI=1S/C30H50N4O7/c1-3-34(27(36)13-6-8-21-14-16-31-17-15-21)19-26(35)33-24(18-28(37)38)29(39)32-20(2)30(40)41-25-12-7-10-22-9-4-5-11-23(22)25/h20-25,31H,3-19H2,1-2H3,(H,32,39)(H,33,35)(H,37,38)/t20-,22?,23?,24-,25?/m0/s1. The molecule has 0 spiro atoms. The number of nitrogens with one attached hydrogen (secondary N) is 3. The summed E-state index contributed by atoms with van der Waals surface area (Å²) in [6.07, 6.45) is 11.0. The summed E-state index contributed by atoms with van der Waals surface area (Å²) in [6.45, 7) is 5.34. The lowest BCUT2D eigenvalue weighted by Gasteiger charge is -2.41. The maximum Gasteiger partial charge on any atom is 0.328 e. The summed E-state index contributed by atoms with van der Waals surface area (Å²) >= 11 is 0. The van der Waals surface area contributed by atoms with Crippen molar-refractivity contribution < 1.29 is 33.8 Å². The molecule has 41 heavy (non-hydrogen) atoms. The Kier molecular flexibility index (Phi) is 13.3. The van der Waals surface area contributed by atoms with Gasteiger partial charge >= 0.3 is 11.9 Å². The van der Waals surface area contributed by atoms with Crippen LogP contribution in [0.2, 0.25) is 0 Å². The number of ether oxygens (including phenoxy) is 1. The molecular formula is C30H50N4O7. The fourth-order valence-electron chi connectivity index (χ4n) is 6.69. The first-order valence-corrected chi connectivity index (χ1v) is 15.7. The number of hydrogen-bond donors (Lipinski definition) is 4. The maximum absolute atomic E-state index is 12.9. The van der Waals surface area contributed by atoms with Crippen LogP contribution in [0.5, 0.6) is 0 Å². The Morgan fingerprint density at radius 2 is 1.68 bits per heavy atom. The Hall–Kier alpha value is -2.69. The lowest BCUT2D eigenvalue weighted by molar-refractivity contribution is -0.159. The molecule has 3 aliphatic rings. The Balaban J connectivity index is 1.47. The van der Waals surface area contributed by atoms with Crippen LogP contribution in [0.3, 0.4) is 0 Å². The fourth-order valence-corrected chi connectivity index (χ4v) is 6.69. The molecule has 1 aliphatic heterocycles. The summed E-state index contributed by atoms with van der Waals surface area (Å²) in [5.41, 5.74) is 0. The summed E-state index contributed by atoms with van der Waals surface area (Å²) in [4.78, 5) is 64.2. The van der Waals surface area contributed by atoms with E-state index < -0.39 is 42.3 Å². The van der Waals surface area contributed by atoms with Crippen LogP contribution >= 0.6 is 0 Å². The second-order valence-corrected chi connectivity index (χ2v) is 12.1. The monoisotopic (exact) mass is 578 g/mol. The largest absolute Gasteiger partial charge is 0.481 e. The van der Waals surface area contributed by atoms with Crippen molar-refractivity contribution in [3.63, 3.8) is 0 Å². The highest BCUT2D eigenvalue weighted by molar-refractivity contribution is 5.94. The molecule has 4 N–H and O–H groups in total. The lowest BCUT2D eigenvalue weighted by Crippen LogP contribution is -2.54. The maximum atomic E-state index is 12.9. The van der Waals surface area contributed by atoms with Crippen molar-refractivity contribution in [2.45, 2.75) is 116 Å².